The lowest BCUT2D eigenvalue weighted by Gasteiger charge is -2.38. The molecule has 1 aliphatic heterocycles. The van der Waals surface area contributed by atoms with Gasteiger partial charge in [-0.15, -0.1) is 0 Å². The molecule has 0 radical (unpaired) electrons. The average Bonchev–Trinajstić information content (AvgIpc) is 2.15. The molecule has 16 heavy (non-hydrogen) atoms. The van der Waals surface area contributed by atoms with Gasteiger partial charge in [0.15, 0.2) is 0 Å². The first-order valence-corrected chi connectivity index (χ1v) is 7.87. The Labute approximate surface area is 104 Å². The molecule has 1 fully saturated rings. The van der Waals surface area contributed by atoms with Gasteiger partial charge in [0.2, 0.25) is 0 Å². The SMILES string of the molecule is CCCCOC([SiH3])(CC)CC(C)C1CCO1. The summed E-state index contributed by atoms with van der Waals surface area (Å²) in [7, 11) is 1.13. The monoisotopic (exact) mass is 244 g/mol. The third kappa shape index (κ3) is 4.19. The Morgan fingerprint density at radius 1 is 1.50 bits per heavy atom. The predicted molar refractivity (Wildman–Crippen MR) is 72.0 cm³/mol. The van der Waals surface area contributed by atoms with E-state index < -0.39 is 0 Å². The van der Waals surface area contributed by atoms with E-state index in [0.717, 1.165) is 29.9 Å². The van der Waals surface area contributed by atoms with Crippen LogP contribution in [0, 0.1) is 5.92 Å². The van der Waals surface area contributed by atoms with Crippen molar-refractivity contribution in [3.63, 3.8) is 0 Å². The molecule has 0 aromatic rings. The lowest BCUT2D eigenvalue weighted by atomic mass is 9.91. The van der Waals surface area contributed by atoms with E-state index in [1.54, 1.807) is 0 Å². The highest BCUT2D eigenvalue weighted by molar-refractivity contribution is 6.14. The molecule has 0 N–H and O–H groups in total. The smallest absolute Gasteiger partial charge is 0.0623 e. The summed E-state index contributed by atoms with van der Waals surface area (Å²) in [4.78, 5) is 0. The molecule has 0 bridgehead atoms. The van der Waals surface area contributed by atoms with E-state index in [2.05, 4.69) is 20.8 Å². The van der Waals surface area contributed by atoms with Gasteiger partial charge >= 0.3 is 0 Å². The van der Waals surface area contributed by atoms with Gasteiger partial charge in [0, 0.05) is 28.7 Å². The standard InChI is InChI=1S/C13H28O2Si/c1-4-6-8-15-13(16,5-2)10-11(3)12-7-9-14-12/h11-12H,4-10H2,1-3,16H3. The summed E-state index contributed by atoms with van der Waals surface area (Å²) in [5.74, 6) is 0.660. The molecule has 1 heterocycles. The largest absolute Gasteiger partial charge is 0.380 e. The lowest BCUT2D eigenvalue weighted by molar-refractivity contribution is -0.0990. The fourth-order valence-corrected chi connectivity index (χ4v) is 3.13. The molecular formula is C13H28O2Si. The maximum Gasteiger partial charge on any atom is 0.0623 e. The van der Waals surface area contributed by atoms with Crippen molar-refractivity contribution in [3.8, 4) is 0 Å². The van der Waals surface area contributed by atoms with E-state index in [9.17, 15) is 0 Å². The van der Waals surface area contributed by atoms with E-state index in [-0.39, 0.29) is 5.22 Å². The van der Waals surface area contributed by atoms with Crippen LogP contribution >= 0.6 is 0 Å². The summed E-state index contributed by atoms with van der Waals surface area (Å²) < 4.78 is 11.7. The first-order valence-electron chi connectivity index (χ1n) is 6.87. The van der Waals surface area contributed by atoms with Gasteiger partial charge in [-0.25, -0.2) is 0 Å². The van der Waals surface area contributed by atoms with Gasteiger partial charge in [0.25, 0.3) is 0 Å². The van der Waals surface area contributed by atoms with Crippen molar-refractivity contribution in [1.82, 2.24) is 0 Å². The van der Waals surface area contributed by atoms with Crippen molar-refractivity contribution in [3.05, 3.63) is 0 Å². The van der Waals surface area contributed by atoms with Crippen LogP contribution in [0.1, 0.15) is 52.9 Å². The highest BCUT2D eigenvalue weighted by Crippen LogP contribution is 2.29. The quantitative estimate of drug-likeness (QED) is 0.481. The van der Waals surface area contributed by atoms with Crippen LogP contribution in [-0.2, 0) is 9.47 Å². The Hall–Kier alpha value is 0.137. The second-order valence-electron chi connectivity index (χ2n) is 5.38. The zero-order valence-corrected chi connectivity index (χ0v) is 13.4. The molecule has 96 valence electrons. The minimum absolute atomic E-state index is 0.188. The molecule has 0 aliphatic carbocycles. The number of hydrogen-bond acceptors (Lipinski definition) is 2. The number of ether oxygens (including phenoxy) is 2. The first kappa shape index (κ1) is 14.2. The summed E-state index contributed by atoms with van der Waals surface area (Å²) in [6.07, 6.45) is 6.51. The molecule has 0 amide bonds. The highest BCUT2D eigenvalue weighted by Gasteiger charge is 2.32. The van der Waals surface area contributed by atoms with Gasteiger partial charge in [-0.1, -0.05) is 27.2 Å². The van der Waals surface area contributed by atoms with Crippen molar-refractivity contribution in [1.29, 1.82) is 0 Å². The summed E-state index contributed by atoms with van der Waals surface area (Å²) in [6, 6.07) is 0. The number of unbranched alkanes of at least 4 members (excludes halogenated alkanes) is 1. The average molecular weight is 244 g/mol. The maximum absolute atomic E-state index is 6.11. The lowest BCUT2D eigenvalue weighted by Crippen LogP contribution is -2.41. The minimum Gasteiger partial charge on any atom is -0.380 e. The van der Waals surface area contributed by atoms with Crippen LogP contribution in [0.3, 0.4) is 0 Å². The molecule has 1 aliphatic rings. The second-order valence-corrected chi connectivity index (χ2v) is 7.21. The van der Waals surface area contributed by atoms with Crippen LogP contribution in [0.4, 0.5) is 0 Å². The molecule has 1 rings (SSSR count). The van der Waals surface area contributed by atoms with E-state index >= 15 is 0 Å². The van der Waals surface area contributed by atoms with Crippen molar-refractivity contribution in [2.24, 2.45) is 5.92 Å². The topological polar surface area (TPSA) is 18.5 Å². The van der Waals surface area contributed by atoms with Crippen LogP contribution in [0.2, 0.25) is 0 Å². The summed E-state index contributed by atoms with van der Waals surface area (Å²) in [6.45, 7) is 8.69. The molecule has 0 spiro atoms. The van der Waals surface area contributed by atoms with Crippen molar-refractivity contribution in [2.75, 3.05) is 13.2 Å². The molecule has 3 unspecified atom stereocenters. The van der Waals surface area contributed by atoms with Crippen molar-refractivity contribution in [2.45, 2.75) is 64.2 Å². The summed E-state index contributed by atoms with van der Waals surface area (Å²) in [5, 5.41) is 0.188. The van der Waals surface area contributed by atoms with Crippen LogP contribution in [0.15, 0.2) is 0 Å². The summed E-state index contributed by atoms with van der Waals surface area (Å²) >= 11 is 0. The zero-order chi connectivity index (χ0) is 12.0. The highest BCUT2D eigenvalue weighted by atomic mass is 28.1. The maximum atomic E-state index is 6.11. The van der Waals surface area contributed by atoms with Crippen molar-refractivity contribution >= 4 is 10.2 Å². The fourth-order valence-electron chi connectivity index (χ4n) is 2.28. The van der Waals surface area contributed by atoms with E-state index in [0.29, 0.717) is 12.0 Å². The number of rotatable bonds is 8. The third-order valence-electron chi connectivity index (χ3n) is 3.82. The summed E-state index contributed by atoms with van der Waals surface area (Å²) in [5.41, 5.74) is 0. The molecule has 3 heteroatoms. The van der Waals surface area contributed by atoms with E-state index in [1.165, 1.54) is 25.7 Å². The Morgan fingerprint density at radius 3 is 2.62 bits per heavy atom. The molecule has 3 atom stereocenters. The van der Waals surface area contributed by atoms with Gasteiger partial charge in [0.05, 0.1) is 6.10 Å². The van der Waals surface area contributed by atoms with Crippen LogP contribution in [-0.4, -0.2) is 34.8 Å². The minimum atomic E-state index is 0.188. The Balaban J connectivity index is 2.32. The molecule has 0 aromatic carbocycles. The van der Waals surface area contributed by atoms with Gasteiger partial charge < -0.3 is 9.47 Å². The first-order chi connectivity index (χ1) is 7.61. The van der Waals surface area contributed by atoms with Crippen LogP contribution in [0.25, 0.3) is 0 Å². The Morgan fingerprint density at radius 2 is 2.19 bits per heavy atom. The van der Waals surface area contributed by atoms with Crippen LogP contribution < -0.4 is 0 Å². The predicted octanol–water partition coefficient (Wildman–Crippen LogP) is 2.09. The number of hydrogen-bond donors (Lipinski definition) is 0. The van der Waals surface area contributed by atoms with E-state index in [1.807, 2.05) is 0 Å². The Bertz CT molecular complexity index is 194. The molecular weight excluding hydrogens is 216 g/mol. The van der Waals surface area contributed by atoms with Gasteiger partial charge in [0.1, 0.15) is 0 Å². The molecule has 0 aromatic heterocycles. The van der Waals surface area contributed by atoms with Crippen LogP contribution in [0.5, 0.6) is 0 Å². The molecule has 1 saturated heterocycles. The normalized spacial score (nSPS) is 26.1. The van der Waals surface area contributed by atoms with Gasteiger partial charge in [-0.2, -0.15) is 0 Å². The zero-order valence-electron chi connectivity index (χ0n) is 11.4. The Kier molecular flexibility index (Phi) is 6.01. The van der Waals surface area contributed by atoms with E-state index in [4.69, 9.17) is 9.47 Å². The van der Waals surface area contributed by atoms with Crippen molar-refractivity contribution < 1.29 is 9.47 Å². The second kappa shape index (κ2) is 6.77. The third-order valence-corrected chi connectivity index (χ3v) is 5.22. The van der Waals surface area contributed by atoms with Gasteiger partial charge in [-0.05, 0) is 31.6 Å². The van der Waals surface area contributed by atoms with Gasteiger partial charge in [-0.3, -0.25) is 0 Å². The molecule has 2 nitrogen and oxygen atoms in total. The molecule has 0 saturated carbocycles. The fraction of sp³-hybridized carbons (Fsp3) is 1.00.